The first-order chi connectivity index (χ1) is 14.8. The molecular weight excluding hydrogens is 414 g/mol. The van der Waals surface area contributed by atoms with Gasteiger partial charge in [0.2, 0.25) is 10.0 Å². The molecule has 7 nitrogen and oxygen atoms in total. The Hall–Kier alpha value is -3.36. The molecule has 3 N–H and O–H groups in total. The lowest BCUT2D eigenvalue weighted by Gasteiger charge is -2.10. The number of fused-ring (bicyclic) bond motifs is 1. The van der Waals surface area contributed by atoms with Crippen molar-refractivity contribution in [1.82, 2.24) is 9.97 Å². The van der Waals surface area contributed by atoms with E-state index >= 15 is 0 Å². The molecule has 4 rings (SSSR count). The van der Waals surface area contributed by atoms with Gasteiger partial charge in [0.25, 0.3) is 0 Å². The van der Waals surface area contributed by atoms with Crippen molar-refractivity contribution in [2.24, 2.45) is 0 Å². The van der Waals surface area contributed by atoms with Crippen molar-refractivity contribution < 1.29 is 18.3 Å². The first kappa shape index (κ1) is 20.9. The van der Waals surface area contributed by atoms with Crippen LogP contribution in [0.25, 0.3) is 11.0 Å². The van der Waals surface area contributed by atoms with Crippen LogP contribution in [-0.2, 0) is 10.0 Å². The average molecular weight is 438 g/mol. The molecule has 0 bridgehead atoms. The average Bonchev–Trinajstić information content (AvgIpc) is 3.17. The first-order valence-electron chi connectivity index (χ1n) is 9.84. The van der Waals surface area contributed by atoms with Crippen molar-refractivity contribution in [3.63, 3.8) is 0 Å². The maximum Gasteiger partial charge on any atom is 0.235 e. The minimum absolute atomic E-state index is 0.371. The summed E-state index contributed by atoms with van der Waals surface area (Å²) in [6.07, 6.45) is -0.964. The second-order valence-corrected chi connectivity index (χ2v) is 9.67. The van der Waals surface area contributed by atoms with E-state index in [2.05, 4.69) is 14.7 Å². The number of anilines is 1. The zero-order valence-corrected chi connectivity index (χ0v) is 17.9. The number of nitrogens with zero attached hydrogens (tertiary/aromatic N) is 1. The third-order valence-electron chi connectivity index (χ3n) is 4.81. The van der Waals surface area contributed by atoms with E-state index in [9.17, 15) is 13.5 Å². The van der Waals surface area contributed by atoms with E-state index in [0.717, 1.165) is 5.75 Å². The second kappa shape index (κ2) is 8.41. The van der Waals surface area contributed by atoms with Crippen LogP contribution in [0.3, 0.4) is 0 Å². The molecule has 1 heterocycles. The van der Waals surface area contributed by atoms with Gasteiger partial charge in [-0.2, -0.15) is 0 Å². The fourth-order valence-electron chi connectivity index (χ4n) is 3.01. The lowest BCUT2D eigenvalue weighted by molar-refractivity contribution is 0.211. The van der Waals surface area contributed by atoms with Gasteiger partial charge < -0.3 is 14.8 Å². The molecule has 0 amide bonds. The van der Waals surface area contributed by atoms with Crippen molar-refractivity contribution in [3.05, 3.63) is 84.2 Å². The fraction of sp³-hybridized carbons (Fsp3) is 0.174. The predicted molar refractivity (Wildman–Crippen MR) is 121 cm³/mol. The Labute approximate surface area is 180 Å². The van der Waals surface area contributed by atoms with E-state index in [1.165, 1.54) is 0 Å². The van der Waals surface area contributed by atoms with Crippen LogP contribution in [0.2, 0.25) is 0 Å². The lowest BCUT2D eigenvalue weighted by Crippen LogP contribution is -2.22. The van der Waals surface area contributed by atoms with Gasteiger partial charge in [0.05, 0.1) is 22.0 Å². The number of para-hydroxylation sites is 1. The van der Waals surface area contributed by atoms with Gasteiger partial charge in [-0.3, -0.25) is 4.72 Å². The number of aliphatic hydroxyl groups excluding tert-OH is 1. The maximum atomic E-state index is 12.1. The van der Waals surface area contributed by atoms with Gasteiger partial charge in [0, 0.05) is 0 Å². The number of hydrogen-bond donors (Lipinski definition) is 3. The fourth-order valence-corrected chi connectivity index (χ4v) is 3.70. The Kier molecular flexibility index (Phi) is 5.67. The molecule has 1 atom stereocenters. The Morgan fingerprint density at radius 3 is 2.32 bits per heavy atom. The van der Waals surface area contributed by atoms with Gasteiger partial charge in [0.1, 0.15) is 23.4 Å². The number of aromatic amines is 1. The lowest BCUT2D eigenvalue weighted by atomic mass is 10.1. The van der Waals surface area contributed by atoms with Gasteiger partial charge >= 0.3 is 0 Å². The van der Waals surface area contributed by atoms with Gasteiger partial charge in [-0.1, -0.05) is 30.3 Å². The van der Waals surface area contributed by atoms with Crippen molar-refractivity contribution in [3.8, 4) is 11.5 Å². The van der Waals surface area contributed by atoms with E-state index < -0.39 is 21.4 Å². The number of sulfonamides is 1. The second-order valence-electron chi connectivity index (χ2n) is 7.44. The molecule has 4 aromatic rings. The van der Waals surface area contributed by atoms with Gasteiger partial charge in [-0.15, -0.1) is 0 Å². The number of aliphatic hydroxyl groups is 1. The smallest absolute Gasteiger partial charge is 0.235 e. The van der Waals surface area contributed by atoms with Crippen molar-refractivity contribution in [2.75, 3.05) is 4.72 Å². The molecular formula is C23H23N3O4S. The number of aromatic nitrogens is 2. The van der Waals surface area contributed by atoms with E-state index in [1.807, 2.05) is 30.3 Å². The normalized spacial score (nSPS) is 12.8. The van der Waals surface area contributed by atoms with Crippen LogP contribution in [0.15, 0.2) is 72.8 Å². The van der Waals surface area contributed by atoms with E-state index in [4.69, 9.17) is 4.74 Å². The topological polar surface area (TPSA) is 104 Å². The molecule has 0 aliphatic carbocycles. The summed E-state index contributed by atoms with van der Waals surface area (Å²) >= 11 is 0. The summed E-state index contributed by atoms with van der Waals surface area (Å²) in [6.45, 7) is 3.23. The summed E-state index contributed by atoms with van der Waals surface area (Å²) in [5.41, 5.74) is 2.35. The molecule has 0 spiro atoms. The third-order valence-corrected chi connectivity index (χ3v) is 6.58. The molecule has 0 radical (unpaired) electrons. The number of ether oxygens (including phenoxy) is 1. The molecule has 3 aromatic carbocycles. The standard InChI is InChI=1S/C23H23N3O4S/c1-15(2)31(28,29)26-17-10-13-20-21(14-17)25-23(24-20)22(27)16-8-11-19(12-9-16)30-18-6-4-3-5-7-18/h3-15,22,26-27H,1-2H3,(H,24,25). The predicted octanol–water partition coefficient (Wildman–Crippen LogP) is 4.59. The highest BCUT2D eigenvalue weighted by Crippen LogP contribution is 2.27. The van der Waals surface area contributed by atoms with Gasteiger partial charge in [-0.05, 0) is 61.9 Å². The quantitative estimate of drug-likeness (QED) is 0.392. The number of imidazole rings is 1. The minimum Gasteiger partial charge on any atom is -0.457 e. The summed E-state index contributed by atoms with van der Waals surface area (Å²) in [4.78, 5) is 7.51. The summed E-state index contributed by atoms with van der Waals surface area (Å²) in [5.74, 6) is 1.77. The Balaban J connectivity index is 1.53. The molecule has 8 heteroatoms. The van der Waals surface area contributed by atoms with Crippen LogP contribution in [0.4, 0.5) is 5.69 Å². The number of rotatable bonds is 7. The molecule has 31 heavy (non-hydrogen) atoms. The highest BCUT2D eigenvalue weighted by atomic mass is 32.2. The van der Waals surface area contributed by atoms with Crippen LogP contribution in [0.5, 0.6) is 11.5 Å². The Bertz CT molecular complexity index is 1280. The highest BCUT2D eigenvalue weighted by Gasteiger charge is 2.18. The summed E-state index contributed by atoms with van der Waals surface area (Å²) < 4.78 is 32.5. The first-order valence-corrected chi connectivity index (χ1v) is 11.4. The van der Waals surface area contributed by atoms with Crippen LogP contribution >= 0.6 is 0 Å². The molecule has 0 saturated carbocycles. The van der Waals surface area contributed by atoms with Crippen molar-refractivity contribution in [2.45, 2.75) is 25.2 Å². The number of nitrogens with one attached hydrogen (secondary N) is 2. The van der Waals surface area contributed by atoms with Crippen LogP contribution in [0.1, 0.15) is 31.3 Å². The summed E-state index contributed by atoms with van der Waals surface area (Å²) in [6, 6.07) is 21.6. The number of benzene rings is 3. The van der Waals surface area contributed by atoms with Crippen LogP contribution in [-0.4, -0.2) is 28.7 Å². The molecule has 1 aromatic heterocycles. The molecule has 160 valence electrons. The SMILES string of the molecule is CC(C)S(=O)(=O)Nc1ccc2nc(C(O)c3ccc(Oc4ccccc4)cc3)[nH]c2c1. The monoisotopic (exact) mass is 437 g/mol. The Morgan fingerprint density at radius 2 is 1.65 bits per heavy atom. The van der Waals surface area contributed by atoms with Crippen LogP contribution in [0, 0.1) is 0 Å². The molecule has 0 aliphatic rings. The van der Waals surface area contributed by atoms with Crippen LogP contribution < -0.4 is 9.46 Å². The van der Waals surface area contributed by atoms with Gasteiger partial charge in [0.15, 0.2) is 0 Å². The molecule has 0 aliphatic heterocycles. The minimum atomic E-state index is -3.44. The van der Waals surface area contributed by atoms with Gasteiger partial charge in [-0.25, -0.2) is 13.4 Å². The summed E-state index contributed by atoms with van der Waals surface area (Å²) in [7, 11) is -3.44. The zero-order chi connectivity index (χ0) is 22.0. The van der Waals surface area contributed by atoms with Crippen molar-refractivity contribution >= 4 is 26.7 Å². The number of hydrogen-bond acceptors (Lipinski definition) is 5. The van der Waals surface area contributed by atoms with Crippen molar-refractivity contribution in [1.29, 1.82) is 0 Å². The summed E-state index contributed by atoms with van der Waals surface area (Å²) in [5, 5.41) is 10.2. The number of H-pyrrole nitrogens is 1. The van der Waals surface area contributed by atoms with E-state index in [1.54, 1.807) is 56.3 Å². The molecule has 1 unspecified atom stereocenters. The molecule has 0 saturated heterocycles. The Morgan fingerprint density at radius 1 is 0.968 bits per heavy atom. The molecule has 0 fully saturated rings. The largest absolute Gasteiger partial charge is 0.457 e. The maximum absolute atomic E-state index is 12.1. The zero-order valence-electron chi connectivity index (χ0n) is 17.1. The third kappa shape index (κ3) is 4.70. The van der Waals surface area contributed by atoms with E-state index in [-0.39, 0.29) is 0 Å². The highest BCUT2D eigenvalue weighted by molar-refractivity contribution is 7.93. The van der Waals surface area contributed by atoms with E-state index in [0.29, 0.717) is 33.9 Å².